The molecule has 0 aromatic carbocycles. The molecule has 0 radical (unpaired) electrons. The maximum atomic E-state index is 11.4. The lowest BCUT2D eigenvalue weighted by atomic mass is 10.3. The lowest BCUT2D eigenvalue weighted by Gasteiger charge is -2.02. The number of amides is 2. The monoisotopic (exact) mass is 208 g/mol. The van der Waals surface area contributed by atoms with Crippen LogP contribution in [0.1, 0.15) is 34.0 Å². The van der Waals surface area contributed by atoms with Crippen LogP contribution in [0.5, 0.6) is 0 Å². The minimum Gasteiger partial charge on any atom is -0.446 e. The van der Waals surface area contributed by atoms with Gasteiger partial charge in [0.25, 0.3) is 11.8 Å². The first-order chi connectivity index (χ1) is 7.27. The summed E-state index contributed by atoms with van der Waals surface area (Å²) >= 11 is 0. The highest BCUT2D eigenvalue weighted by Gasteiger charge is 2.15. The Labute approximate surface area is 86.8 Å². The van der Waals surface area contributed by atoms with E-state index >= 15 is 0 Å². The van der Waals surface area contributed by atoms with E-state index in [0.29, 0.717) is 13.1 Å². The third-order valence-electron chi connectivity index (χ3n) is 2.23. The number of rotatable bonds is 0. The van der Waals surface area contributed by atoms with Crippen molar-refractivity contribution in [2.75, 3.05) is 13.1 Å². The first-order valence-corrected chi connectivity index (χ1v) is 4.93. The van der Waals surface area contributed by atoms with Crippen LogP contribution in [0.2, 0.25) is 0 Å². The van der Waals surface area contributed by atoms with Crippen molar-refractivity contribution < 1.29 is 14.0 Å². The van der Waals surface area contributed by atoms with E-state index in [1.165, 1.54) is 12.1 Å². The molecule has 5 nitrogen and oxygen atoms in total. The van der Waals surface area contributed by atoms with Gasteiger partial charge in [0.2, 0.25) is 0 Å². The molecule has 0 fully saturated rings. The second-order valence-corrected chi connectivity index (χ2v) is 3.38. The Morgan fingerprint density at radius 2 is 1.40 bits per heavy atom. The lowest BCUT2D eigenvalue weighted by molar-refractivity contribution is 0.0906. The second-order valence-electron chi connectivity index (χ2n) is 3.38. The van der Waals surface area contributed by atoms with Crippen LogP contribution >= 0.6 is 0 Å². The molecule has 0 aliphatic carbocycles. The van der Waals surface area contributed by atoms with Crippen molar-refractivity contribution in [2.45, 2.75) is 12.8 Å². The van der Waals surface area contributed by atoms with Gasteiger partial charge in [-0.05, 0) is 25.0 Å². The molecule has 0 saturated heterocycles. The summed E-state index contributed by atoms with van der Waals surface area (Å²) in [6, 6.07) is 3.01. The molecule has 2 rings (SSSR count). The van der Waals surface area contributed by atoms with Gasteiger partial charge in [0.05, 0.1) is 0 Å². The van der Waals surface area contributed by atoms with E-state index in [4.69, 9.17) is 4.42 Å². The van der Waals surface area contributed by atoms with Crippen LogP contribution in [-0.2, 0) is 0 Å². The van der Waals surface area contributed by atoms with Gasteiger partial charge in [-0.2, -0.15) is 0 Å². The van der Waals surface area contributed by atoms with Crippen LogP contribution < -0.4 is 10.6 Å². The molecule has 2 N–H and O–H groups in total. The van der Waals surface area contributed by atoms with Crippen molar-refractivity contribution in [3.05, 3.63) is 23.7 Å². The molecule has 0 saturated carbocycles. The van der Waals surface area contributed by atoms with E-state index in [-0.39, 0.29) is 23.3 Å². The van der Waals surface area contributed by atoms with Gasteiger partial charge in [0, 0.05) is 13.1 Å². The Balaban J connectivity index is 2.22. The van der Waals surface area contributed by atoms with Crippen LogP contribution in [0.25, 0.3) is 0 Å². The van der Waals surface area contributed by atoms with Crippen molar-refractivity contribution in [3.63, 3.8) is 0 Å². The van der Waals surface area contributed by atoms with Gasteiger partial charge < -0.3 is 15.1 Å². The van der Waals surface area contributed by atoms with E-state index in [2.05, 4.69) is 10.6 Å². The highest BCUT2D eigenvalue weighted by Crippen LogP contribution is 2.08. The van der Waals surface area contributed by atoms with E-state index in [9.17, 15) is 9.59 Å². The minimum atomic E-state index is -0.268. The van der Waals surface area contributed by atoms with Gasteiger partial charge in [-0.15, -0.1) is 0 Å². The number of carbonyl (C=O) groups excluding carboxylic acids is 2. The fourth-order valence-corrected chi connectivity index (χ4v) is 1.41. The molecule has 2 heterocycles. The smallest absolute Gasteiger partial charge is 0.287 e. The standard InChI is InChI=1S/C10H12N2O3/c13-9-7-3-4-8(15-7)10(14)12-6-2-1-5-11-9/h3-4H,1-2,5-6H2,(H,11,13)(H,12,14). The zero-order valence-corrected chi connectivity index (χ0v) is 8.21. The molecule has 2 bridgehead atoms. The van der Waals surface area contributed by atoms with Crippen LogP contribution in [0, 0.1) is 0 Å². The van der Waals surface area contributed by atoms with Gasteiger partial charge in [0.15, 0.2) is 11.5 Å². The summed E-state index contributed by atoms with van der Waals surface area (Å²) in [5, 5.41) is 5.44. The van der Waals surface area contributed by atoms with E-state index in [0.717, 1.165) is 12.8 Å². The lowest BCUT2D eigenvalue weighted by Crippen LogP contribution is -2.25. The van der Waals surface area contributed by atoms with Crippen molar-refractivity contribution in [2.24, 2.45) is 0 Å². The summed E-state index contributed by atoms with van der Waals surface area (Å²) in [4.78, 5) is 22.9. The minimum absolute atomic E-state index is 0.182. The number of furan rings is 1. The van der Waals surface area contributed by atoms with Gasteiger partial charge in [-0.1, -0.05) is 0 Å². The summed E-state index contributed by atoms with van der Waals surface area (Å²) in [5.74, 6) is -0.170. The summed E-state index contributed by atoms with van der Waals surface area (Å²) in [5.41, 5.74) is 0. The molecule has 1 aromatic heterocycles. The molecule has 1 aromatic rings. The van der Waals surface area contributed by atoms with E-state index < -0.39 is 0 Å². The first-order valence-electron chi connectivity index (χ1n) is 4.93. The number of fused-ring (bicyclic) bond motifs is 2. The van der Waals surface area contributed by atoms with Crippen LogP contribution in [0.4, 0.5) is 0 Å². The molecule has 2 amide bonds. The second kappa shape index (κ2) is 4.16. The fraction of sp³-hybridized carbons (Fsp3) is 0.400. The number of hydrogen-bond donors (Lipinski definition) is 2. The van der Waals surface area contributed by atoms with Gasteiger partial charge in [-0.3, -0.25) is 9.59 Å². The Bertz CT molecular complexity index is 349. The molecule has 0 atom stereocenters. The van der Waals surface area contributed by atoms with Crippen molar-refractivity contribution in [1.29, 1.82) is 0 Å². The molecular weight excluding hydrogens is 196 g/mol. The van der Waals surface area contributed by atoms with Crippen molar-refractivity contribution in [3.8, 4) is 0 Å². The summed E-state index contributed by atoms with van der Waals surface area (Å²) in [6.45, 7) is 1.20. The Morgan fingerprint density at radius 3 is 1.87 bits per heavy atom. The van der Waals surface area contributed by atoms with E-state index in [1.54, 1.807) is 0 Å². The predicted molar refractivity (Wildman–Crippen MR) is 52.6 cm³/mol. The average Bonchev–Trinajstić information content (AvgIpc) is 2.69. The summed E-state index contributed by atoms with van der Waals surface area (Å²) in [6.07, 6.45) is 1.69. The third kappa shape index (κ3) is 2.18. The van der Waals surface area contributed by atoms with E-state index in [1.807, 2.05) is 0 Å². The highest BCUT2D eigenvalue weighted by molar-refractivity contribution is 5.95. The summed E-state index contributed by atoms with van der Waals surface area (Å²) in [7, 11) is 0. The van der Waals surface area contributed by atoms with Gasteiger partial charge in [-0.25, -0.2) is 0 Å². The van der Waals surface area contributed by atoms with Crippen molar-refractivity contribution in [1.82, 2.24) is 10.6 Å². The highest BCUT2D eigenvalue weighted by atomic mass is 16.4. The number of hydrogen-bond acceptors (Lipinski definition) is 3. The van der Waals surface area contributed by atoms with Crippen molar-refractivity contribution >= 4 is 11.8 Å². The zero-order chi connectivity index (χ0) is 10.7. The largest absolute Gasteiger partial charge is 0.446 e. The Hall–Kier alpha value is -1.78. The maximum Gasteiger partial charge on any atom is 0.287 e. The number of carbonyl (C=O) groups is 2. The average molecular weight is 208 g/mol. The summed E-state index contributed by atoms with van der Waals surface area (Å²) < 4.78 is 5.12. The number of nitrogens with one attached hydrogen (secondary N) is 2. The molecule has 1 aliphatic rings. The third-order valence-corrected chi connectivity index (χ3v) is 2.23. The molecule has 1 aliphatic heterocycles. The molecule has 80 valence electrons. The normalized spacial score (nSPS) is 17.6. The van der Waals surface area contributed by atoms with Gasteiger partial charge in [0.1, 0.15) is 0 Å². The Morgan fingerprint density at radius 1 is 0.933 bits per heavy atom. The maximum absolute atomic E-state index is 11.4. The quantitative estimate of drug-likeness (QED) is 0.653. The predicted octanol–water partition coefficient (Wildman–Crippen LogP) is 0.533. The SMILES string of the molecule is O=C1NCCCCNC(=O)c2ccc1o2. The molecule has 0 spiro atoms. The van der Waals surface area contributed by atoms with Gasteiger partial charge >= 0.3 is 0 Å². The molecular formula is C10H12N2O3. The Kier molecular flexibility index (Phi) is 2.71. The van der Waals surface area contributed by atoms with Crippen LogP contribution in [-0.4, -0.2) is 24.9 Å². The molecule has 15 heavy (non-hydrogen) atoms. The topological polar surface area (TPSA) is 71.3 Å². The van der Waals surface area contributed by atoms with Crippen LogP contribution in [0.15, 0.2) is 16.5 Å². The van der Waals surface area contributed by atoms with Crippen LogP contribution in [0.3, 0.4) is 0 Å². The zero-order valence-electron chi connectivity index (χ0n) is 8.21. The molecule has 5 heteroatoms. The fourth-order valence-electron chi connectivity index (χ4n) is 1.41. The first kappa shape index (κ1) is 9.76. The molecule has 0 unspecified atom stereocenters.